The highest BCUT2D eigenvalue weighted by molar-refractivity contribution is 9.10. The first-order chi connectivity index (χ1) is 8.01. The lowest BCUT2D eigenvalue weighted by Crippen LogP contribution is -2.32. The van der Waals surface area contributed by atoms with Gasteiger partial charge in [-0.05, 0) is 41.1 Å². The number of amidine groups is 1. The van der Waals surface area contributed by atoms with E-state index in [-0.39, 0.29) is 18.5 Å². The van der Waals surface area contributed by atoms with Crippen LogP contribution in [0, 0.1) is 0 Å². The number of anilines is 1. The lowest BCUT2D eigenvalue weighted by Gasteiger charge is -2.26. The summed E-state index contributed by atoms with van der Waals surface area (Å²) in [6.45, 7) is 1.99. The Morgan fingerprint density at radius 3 is 2.71 bits per heavy atom. The Hall–Kier alpha value is -1.27. The normalized spacial score (nSPS) is 13.5. The molecular formula is C11H16BrN3O2. The van der Waals surface area contributed by atoms with E-state index in [1.54, 1.807) is 12.1 Å². The highest BCUT2D eigenvalue weighted by atomic mass is 79.9. The molecule has 17 heavy (non-hydrogen) atoms. The number of hydrogen-bond donors (Lipinski definition) is 3. The van der Waals surface area contributed by atoms with E-state index in [2.05, 4.69) is 21.1 Å². The molecule has 1 aromatic rings. The SMILES string of the molecule is CC(CO)N(C)c1ccc(/C(N)=N/O)cc1Br. The summed E-state index contributed by atoms with van der Waals surface area (Å²) in [6.07, 6.45) is 0. The van der Waals surface area contributed by atoms with Gasteiger partial charge in [-0.2, -0.15) is 0 Å². The standard InChI is InChI=1S/C11H16BrN3O2/c1-7(6-16)15(2)10-4-3-8(5-9(10)12)11(13)14-17/h3-5,7,16-17H,6H2,1-2H3,(H2,13,14). The van der Waals surface area contributed by atoms with Crippen LogP contribution < -0.4 is 10.6 Å². The maximum Gasteiger partial charge on any atom is 0.170 e. The minimum absolute atomic E-state index is 0.0148. The van der Waals surface area contributed by atoms with Gasteiger partial charge in [0.1, 0.15) is 0 Å². The molecule has 5 nitrogen and oxygen atoms in total. The van der Waals surface area contributed by atoms with Crippen molar-refractivity contribution >= 4 is 27.5 Å². The van der Waals surface area contributed by atoms with E-state index in [1.807, 2.05) is 24.9 Å². The number of oxime groups is 1. The third kappa shape index (κ3) is 3.10. The third-order valence-electron chi connectivity index (χ3n) is 2.66. The van der Waals surface area contributed by atoms with Crippen molar-refractivity contribution in [2.75, 3.05) is 18.6 Å². The zero-order valence-corrected chi connectivity index (χ0v) is 11.3. The minimum Gasteiger partial charge on any atom is -0.409 e. The number of halogens is 1. The van der Waals surface area contributed by atoms with Crippen molar-refractivity contribution in [3.8, 4) is 0 Å². The predicted molar refractivity (Wildman–Crippen MR) is 71.6 cm³/mol. The number of nitrogens with two attached hydrogens (primary N) is 1. The van der Waals surface area contributed by atoms with E-state index in [4.69, 9.17) is 16.0 Å². The van der Waals surface area contributed by atoms with Gasteiger partial charge >= 0.3 is 0 Å². The Bertz CT molecular complexity index is 423. The van der Waals surface area contributed by atoms with Gasteiger partial charge in [0.05, 0.1) is 12.3 Å². The summed E-state index contributed by atoms with van der Waals surface area (Å²) in [7, 11) is 1.89. The van der Waals surface area contributed by atoms with E-state index in [0.29, 0.717) is 5.56 Å². The summed E-state index contributed by atoms with van der Waals surface area (Å²) in [5.74, 6) is 0.0649. The van der Waals surface area contributed by atoms with Crippen LogP contribution in [-0.4, -0.2) is 35.8 Å². The molecule has 0 heterocycles. The second kappa shape index (κ2) is 5.88. The van der Waals surface area contributed by atoms with Crippen molar-refractivity contribution in [2.24, 2.45) is 10.9 Å². The van der Waals surface area contributed by atoms with Gasteiger partial charge in [-0.1, -0.05) is 5.16 Å². The number of hydrogen-bond acceptors (Lipinski definition) is 4. The molecule has 1 rings (SSSR count). The second-order valence-electron chi connectivity index (χ2n) is 3.79. The van der Waals surface area contributed by atoms with Crippen molar-refractivity contribution in [1.29, 1.82) is 0 Å². The van der Waals surface area contributed by atoms with Gasteiger partial charge < -0.3 is 20.9 Å². The largest absolute Gasteiger partial charge is 0.409 e. The van der Waals surface area contributed by atoms with Crippen LogP contribution in [0.2, 0.25) is 0 Å². The second-order valence-corrected chi connectivity index (χ2v) is 4.65. The monoisotopic (exact) mass is 301 g/mol. The van der Waals surface area contributed by atoms with Gasteiger partial charge in [0.2, 0.25) is 0 Å². The lowest BCUT2D eigenvalue weighted by molar-refractivity contribution is 0.270. The number of aliphatic hydroxyl groups is 1. The van der Waals surface area contributed by atoms with Crippen LogP contribution in [0.3, 0.4) is 0 Å². The average Bonchev–Trinajstić information content (AvgIpc) is 2.35. The molecule has 0 bridgehead atoms. The van der Waals surface area contributed by atoms with E-state index < -0.39 is 0 Å². The first kappa shape index (κ1) is 13.8. The topological polar surface area (TPSA) is 82.1 Å². The third-order valence-corrected chi connectivity index (χ3v) is 3.29. The molecule has 0 aliphatic heterocycles. The molecule has 1 atom stereocenters. The van der Waals surface area contributed by atoms with Gasteiger partial charge in [-0.25, -0.2) is 0 Å². The van der Waals surface area contributed by atoms with Gasteiger partial charge in [-0.15, -0.1) is 0 Å². The smallest absolute Gasteiger partial charge is 0.170 e. The van der Waals surface area contributed by atoms with Crippen molar-refractivity contribution in [3.63, 3.8) is 0 Å². The molecule has 1 unspecified atom stereocenters. The van der Waals surface area contributed by atoms with Gasteiger partial charge in [0, 0.05) is 23.1 Å². The highest BCUT2D eigenvalue weighted by Gasteiger charge is 2.12. The summed E-state index contributed by atoms with van der Waals surface area (Å²) in [6, 6.07) is 5.39. The Balaban J connectivity index is 3.05. The molecule has 0 saturated heterocycles. The average molecular weight is 302 g/mol. The maximum absolute atomic E-state index is 9.11. The Labute approximate surface area is 109 Å². The maximum atomic E-state index is 9.11. The number of benzene rings is 1. The molecule has 0 saturated carbocycles. The molecule has 0 aromatic heterocycles. The quantitative estimate of drug-likeness (QED) is 0.339. The van der Waals surface area contributed by atoms with Crippen molar-refractivity contribution in [2.45, 2.75) is 13.0 Å². The summed E-state index contributed by atoms with van der Waals surface area (Å²) < 4.78 is 0.824. The predicted octanol–water partition coefficient (Wildman–Crippen LogP) is 1.36. The Morgan fingerprint density at radius 1 is 1.59 bits per heavy atom. The van der Waals surface area contributed by atoms with Crippen molar-refractivity contribution in [3.05, 3.63) is 28.2 Å². The van der Waals surface area contributed by atoms with Crippen LogP contribution >= 0.6 is 15.9 Å². The van der Waals surface area contributed by atoms with Gasteiger partial charge in [-0.3, -0.25) is 0 Å². The van der Waals surface area contributed by atoms with Gasteiger partial charge in [0.15, 0.2) is 5.84 Å². The molecule has 0 amide bonds. The number of aliphatic hydroxyl groups excluding tert-OH is 1. The Kier molecular flexibility index (Phi) is 4.77. The first-order valence-corrected chi connectivity index (χ1v) is 5.91. The van der Waals surface area contributed by atoms with Crippen molar-refractivity contribution in [1.82, 2.24) is 0 Å². The molecular weight excluding hydrogens is 286 g/mol. The van der Waals surface area contributed by atoms with E-state index in [1.165, 1.54) is 0 Å². The number of likely N-dealkylation sites (N-methyl/N-ethyl adjacent to an activating group) is 1. The summed E-state index contributed by atoms with van der Waals surface area (Å²) in [4.78, 5) is 1.94. The molecule has 1 aromatic carbocycles. The highest BCUT2D eigenvalue weighted by Crippen LogP contribution is 2.27. The van der Waals surface area contributed by atoms with Crippen LogP contribution in [0.1, 0.15) is 12.5 Å². The zero-order chi connectivity index (χ0) is 13.0. The molecule has 6 heteroatoms. The molecule has 0 fully saturated rings. The molecule has 94 valence electrons. The van der Waals surface area contributed by atoms with Crippen LogP contribution in [0.5, 0.6) is 0 Å². The van der Waals surface area contributed by atoms with E-state index in [0.717, 1.165) is 10.2 Å². The van der Waals surface area contributed by atoms with Gasteiger partial charge in [0.25, 0.3) is 0 Å². The molecule has 4 N–H and O–H groups in total. The van der Waals surface area contributed by atoms with E-state index >= 15 is 0 Å². The van der Waals surface area contributed by atoms with Crippen LogP contribution in [0.25, 0.3) is 0 Å². The van der Waals surface area contributed by atoms with Crippen LogP contribution in [0.15, 0.2) is 27.8 Å². The Morgan fingerprint density at radius 2 is 2.24 bits per heavy atom. The van der Waals surface area contributed by atoms with Crippen LogP contribution in [-0.2, 0) is 0 Å². The lowest BCUT2D eigenvalue weighted by atomic mass is 10.1. The van der Waals surface area contributed by atoms with Crippen molar-refractivity contribution < 1.29 is 10.3 Å². The fraction of sp³-hybridized carbons (Fsp3) is 0.364. The fourth-order valence-corrected chi connectivity index (χ4v) is 2.03. The first-order valence-electron chi connectivity index (χ1n) is 5.12. The number of nitrogens with zero attached hydrogens (tertiary/aromatic N) is 2. The number of rotatable bonds is 4. The summed E-state index contributed by atoms with van der Waals surface area (Å²) in [5, 5.41) is 20.6. The molecule has 0 spiro atoms. The van der Waals surface area contributed by atoms with Crippen LogP contribution in [0.4, 0.5) is 5.69 Å². The fourth-order valence-electron chi connectivity index (χ4n) is 1.37. The summed E-state index contributed by atoms with van der Waals surface area (Å²) >= 11 is 3.43. The zero-order valence-electron chi connectivity index (χ0n) is 9.76. The minimum atomic E-state index is 0.0148. The van der Waals surface area contributed by atoms with E-state index in [9.17, 15) is 0 Å². The summed E-state index contributed by atoms with van der Waals surface area (Å²) in [5.41, 5.74) is 7.06. The molecule has 0 aliphatic carbocycles. The molecule has 0 radical (unpaired) electrons. The molecule has 0 aliphatic rings.